The third-order valence-corrected chi connectivity index (χ3v) is 3.53. The molecule has 80 valence electrons. The van der Waals surface area contributed by atoms with Crippen molar-refractivity contribution >= 4 is 22.9 Å². The van der Waals surface area contributed by atoms with Crippen molar-refractivity contribution in [3.05, 3.63) is 39.3 Å². The monoisotopic (exact) mass is 242 g/mol. The maximum Gasteiger partial charge on any atom is 0.101 e. The van der Waals surface area contributed by atoms with E-state index in [-0.39, 0.29) is 6.04 Å². The maximum atomic E-state index is 6.05. The average molecular weight is 243 g/mol. The van der Waals surface area contributed by atoms with Crippen LogP contribution in [0, 0.1) is 0 Å². The van der Waals surface area contributed by atoms with Gasteiger partial charge in [0, 0.05) is 18.1 Å². The lowest BCUT2D eigenvalue weighted by Crippen LogP contribution is -2.28. The van der Waals surface area contributed by atoms with Gasteiger partial charge >= 0.3 is 0 Å². The van der Waals surface area contributed by atoms with Gasteiger partial charge in [-0.25, -0.2) is 5.43 Å². The third kappa shape index (κ3) is 2.05. The summed E-state index contributed by atoms with van der Waals surface area (Å²) in [6.07, 6.45) is 1.88. The molecule has 2 aromatic rings. The van der Waals surface area contributed by atoms with Gasteiger partial charge in [-0.05, 0) is 17.5 Å². The van der Waals surface area contributed by atoms with E-state index in [1.54, 1.807) is 16.0 Å². The van der Waals surface area contributed by atoms with Crippen LogP contribution in [0.5, 0.6) is 0 Å². The summed E-state index contributed by atoms with van der Waals surface area (Å²) < 4.78 is 1.74. The van der Waals surface area contributed by atoms with Crippen molar-refractivity contribution in [2.75, 3.05) is 0 Å². The lowest BCUT2D eigenvalue weighted by molar-refractivity contribution is 0.611. The van der Waals surface area contributed by atoms with E-state index in [0.717, 1.165) is 10.6 Å². The molecule has 0 aliphatic carbocycles. The van der Waals surface area contributed by atoms with E-state index in [1.807, 2.05) is 30.8 Å². The van der Waals surface area contributed by atoms with Crippen LogP contribution < -0.4 is 11.3 Å². The standard InChI is InChI=1S/C9H11ClN4S/c1-14-4-2-7(13-14)8(12-11)9-6(10)3-5-15-9/h2-5,8,12H,11H2,1H3. The second kappa shape index (κ2) is 4.32. The number of aromatic nitrogens is 2. The van der Waals surface area contributed by atoms with Crippen LogP contribution in [-0.4, -0.2) is 9.78 Å². The highest BCUT2D eigenvalue weighted by Gasteiger charge is 2.18. The Morgan fingerprint density at radius 3 is 2.87 bits per heavy atom. The van der Waals surface area contributed by atoms with Crippen LogP contribution in [0.4, 0.5) is 0 Å². The van der Waals surface area contributed by atoms with E-state index in [9.17, 15) is 0 Å². The van der Waals surface area contributed by atoms with E-state index >= 15 is 0 Å². The number of rotatable bonds is 3. The molecule has 15 heavy (non-hydrogen) atoms. The lowest BCUT2D eigenvalue weighted by Gasteiger charge is -2.11. The second-order valence-electron chi connectivity index (χ2n) is 3.15. The fraction of sp³-hybridized carbons (Fsp3) is 0.222. The Labute approximate surface area is 96.6 Å². The topological polar surface area (TPSA) is 55.9 Å². The number of halogens is 1. The van der Waals surface area contributed by atoms with Gasteiger partial charge in [-0.3, -0.25) is 10.5 Å². The minimum Gasteiger partial charge on any atom is -0.275 e. The number of hydrogen-bond acceptors (Lipinski definition) is 4. The molecule has 0 aliphatic heterocycles. The Balaban J connectivity index is 2.36. The smallest absolute Gasteiger partial charge is 0.101 e. The quantitative estimate of drug-likeness (QED) is 0.636. The molecular formula is C9H11ClN4S. The molecular weight excluding hydrogens is 232 g/mol. The summed E-state index contributed by atoms with van der Waals surface area (Å²) >= 11 is 7.61. The molecule has 0 saturated carbocycles. The van der Waals surface area contributed by atoms with Crippen molar-refractivity contribution in [2.24, 2.45) is 12.9 Å². The van der Waals surface area contributed by atoms with Crippen molar-refractivity contribution in [3.63, 3.8) is 0 Å². The minimum atomic E-state index is -0.140. The highest BCUT2D eigenvalue weighted by molar-refractivity contribution is 7.10. The number of hydrogen-bond donors (Lipinski definition) is 2. The number of hydrazine groups is 1. The van der Waals surface area contributed by atoms with Crippen LogP contribution in [0.1, 0.15) is 16.6 Å². The van der Waals surface area contributed by atoms with Crippen molar-refractivity contribution in [2.45, 2.75) is 6.04 Å². The molecule has 0 fully saturated rings. The summed E-state index contributed by atoms with van der Waals surface area (Å²) in [5.41, 5.74) is 3.59. The molecule has 0 bridgehead atoms. The van der Waals surface area contributed by atoms with E-state index in [4.69, 9.17) is 17.4 Å². The molecule has 0 aliphatic rings. The Morgan fingerprint density at radius 1 is 1.60 bits per heavy atom. The van der Waals surface area contributed by atoms with Gasteiger partial charge < -0.3 is 0 Å². The number of nitrogens with two attached hydrogens (primary N) is 1. The SMILES string of the molecule is Cn1ccc(C(NN)c2sccc2Cl)n1. The highest BCUT2D eigenvalue weighted by Crippen LogP contribution is 2.31. The fourth-order valence-electron chi connectivity index (χ4n) is 1.39. The van der Waals surface area contributed by atoms with Crippen LogP contribution in [0.25, 0.3) is 0 Å². The van der Waals surface area contributed by atoms with Crippen molar-refractivity contribution in [1.82, 2.24) is 15.2 Å². The van der Waals surface area contributed by atoms with Crippen LogP contribution in [0.3, 0.4) is 0 Å². The molecule has 3 N–H and O–H groups in total. The molecule has 1 unspecified atom stereocenters. The Bertz CT molecular complexity index is 450. The minimum absolute atomic E-state index is 0.140. The first-order valence-corrected chi connectivity index (χ1v) is 5.66. The molecule has 0 spiro atoms. The summed E-state index contributed by atoms with van der Waals surface area (Å²) in [5, 5.41) is 6.95. The van der Waals surface area contributed by atoms with Gasteiger partial charge in [0.2, 0.25) is 0 Å². The molecule has 0 aromatic carbocycles. The third-order valence-electron chi connectivity index (χ3n) is 2.10. The normalized spacial score (nSPS) is 13.0. The summed E-state index contributed by atoms with van der Waals surface area (Å²) in [6.45, 7) is 0. The summed E-state index contributed by atoms with van der Waals surface area (Å²) in [6, 6.07) is 3.63. The first-order valence-electron chi connectivity index (χ1n) is 4.41. The molecule has 0 saturated heterocycles. The van der Waals surface area contributed by atoms with E-state index < -0.39 is 0 Å². The summed E-state index contributed by atoms with van der Waals surface area (Å²) in [5.74, 6) is 5.52. The van der Waals surface area contributed by atoms with Crippen LogP contribution in [0.2, 0.25) is 5.02 Å². The first-order chi connectivity index (χ1) is 7.22. The average Bonchev–Trinajstić information content (AvgIpc) is 2.79. The van der Waals surface area contributed by atoms with E-state index in [2.05, 4.69) is 10.5 Å². The van der Waals surface area contributed by atoms with Crippen molar-refractivity contribution in [3.8, 4) is 0 Å². The zero-order chi connectivity index (χ0) is 10.8. The van der Waals surface area contributed by atoms with Crippen LogP contribution in [0.15, 0.2) is 23.7 Å². The van der Waals surface area contributed by atoms with Gasteiger partial charge in [0.05, 0.1) is 10.7 Å². The Kier molecular flexibility index (Phi) is 3.06. The van der Waals surface area contributed by atoms with E-state index in [0.29, 0.717) is 5.02 Å². The zero-order valence-electron chi connectivity index (χ0n) is 8.14. The van der Waals surface area contributed by atoms with Gasteiger partial charge in [0.25, 0.3) is 0 Å². The number of aryl methyl sites for hydroxylation is 1. The maximum absolute atomic E-state index is 6.05. The summed E-state index contributed by atoms with van der Waals surface area (Å²) in [7, 11) is 1.87. The van der Waals surface area contributed by atoms with Crippen molar-refractivity contribution in [1.29, 1.82) is 0 Å². The van der Waals surface area contributed by atoms with Gasteiger partial charge in [-0.2, -0.15) is 5.10 Å². The van der Waals surface area contributed by atoms with Crippen molar-refractivity contribution < 1.29 is 0 Å². The predicted molar refractivity (Wildman–Crippen MR) is 61.7 cm³/mol. The fourth-order valence-corrected chi connectivity index (χ4v) is 2.63. The molecule has 2 rings (SSSR count). The number of thiophene rings is 1. The second-order valence-corrected chi connectivity index (χ2v) is 4.50. The first kappa shape index (κ1) is 10.6. The van der Waals surface area contributed by atoms with E-state index in [1.165, 1.54) is 0 Å². The van der Waals surface area contributed by atoms with Gasteiger partial charge in [0.15, 0.2) is 0 Å². The molecule has 0 amide bonds. The summed E-state index contributed by atoms with van der Waals surface area (Å²) in [4.78, 5) is 0.984. The van der Waals surface area contributed by atoms with Crippen LogP contribution >= 0.6 is 22.9 Å². The Morgan fingerprint density at radius 2 is 2.40 bits per heavy atom. The van der Waals surface area contributed by atoms with Gasteiger partial charge in [0.1, 0.15) is 6.04 Å². The molecule has 2 aromatic heterocycles. The number of nitrogens with one attached hydrogen (secondary N) is 1. The largest absolute Gasteiger partial charge is 0.275 e. The predicted octanol–water partition coefficient (Wildman–Crippen LogP) is 1.69. The number of nitrogens with zero attached hydrogens (tertiary/aromatic N) is 2. The van der Waals surface area contributed by atoms with Gasteiger partial charge in [-0.15, -0.1) is 11.3 Å². The lowest BCUT2D eigenvalue weighted by atomic mass is 10.2. The zero-order valence-corrected chi connectivity index (χ0v) is 9.72. The highest BCUT2D eigenvalue weighted by atomic mass is 35.5. The molecule has 6 heteroatoms. The van der Waals surface area contributed by atoms with Crippen LogP contribution in [-0.2, 0) is 7.05 Å². The molecule has 2 heterocycles. The molecule has 4 nitrogen and oxygen atoms in total. The molecule has 0 radical (unpaired) electrons. The Hall–Kier alpha value is -0.880. The van der Waals surface area contributed by atoms with Gasteiger partial charge in [-0.1, -0.05) is 11.6 Å². The molecule has 1 atom stereocenters.